The highest BCUT2D eigenvalue weighted by Gasteiger charge is 2.38. The molecule has 0 unspecified atom stereocenters. The van der Waals surface area contributed by atoms with Crippen molar-refractivity contribution < 1.29 is 9.53 Å². The molecule has 2 saturated heterocycles. The first-order chi connectivity index (χ1) is 10.1. The monoisotopic (exact) mass is 309 g/mol. The normalized spacial score (nSPS) is 24.9. The predicted octanol–water partition coefficient (Wildman–Crippen LogP) is 1.90. The number of carbonyl (C=O) groups excluding carboxylic acids is 1. The Balaban J connectivity index is 1.78. The Morgan fingerprint density at radius 2 is 2.24 bits per heavy atom. The number of rotatable bonds is 3. The van der Waals surface area contributed by atoms with E-state index in [4.69, 9.17) is 22.1 Å². The van der Waals surface area contributed by atoms with Gasteiger partial charge in [-0.05, 0) is 31.9 Å². The largest absolute Gasteiger partial charge is 0.496 e. The average molecular weight is 310 g/mol. The number of hydrogen-bond acceptors (Lipinski definition) is 4. The fourth-order valence-electron chi connectivity index (χ4n) is 3.41. The number of hydrogen-bond donors (Lipinski definition) is 2. The molecule has 0 saturated carbocycles. The standard InChI is InChI=1S/C15H20ClN3O2/c1-21-14-8-11(17)10(16)7-9(14)15(20)18-12-4-6-19-5-2-3-13(12)19/h7-8,12-13H,2-6,17H2,1H3,(H,18,20)/t12-,13+/m1/s1. The SMILES string of the molecule is COc1cc(N)c(Cl)cc1C(=O)N[C@@H]1CCN2CCC[C@@H]12. The number of nitrogens with one attached hydrogen (secondary N) is 1. The number of methoxy groups -OCH3 is 1. The minimum Gasteiger partial charge on any atom is -0.496 e. The highest BCUT2D eigenvalue weighted by Crippen LogP contribution is 2.31. The number of ether oxygens (including phenoxy) is 1. The van der Waals surface area contributed by atoms with Gasteiger partial charge in [-0.1, -0.05) is 11.6 Å². The van der Waals surface area contributed by atoms with Crippen LogP contribution in [0.1, 0.15) is 29.6 Å². The molecule has 0 aliphatic carbocycles. The molecule has 2 fully saturated rings. The summed E-state index contributed by atoms with van der Waals surface area (Å²) in [4.78, 5) is 15.0. The van der Waals surface area contributed by atoms with E-state index in [2.05, 4.69) is 10.2 Å². The highest BCUT2D eigenvalue weighted by molar-refractivity contribution is 6.33. The van der Waals surface area contributed by atoms with Gasteiger partial charge in [0.2, 0.25) is 0 Å². The van der Waals surface area contributed by atoms with Crippen LogP contribution in [0.2, 0.25) is 5.02 Å². The molecule has 2 aliphatic heterocycles. The van der Waals surface area contributed by atoms with Gasteiger partial charge in [0.05, 0.1) is 23.4 Å². The van der Waals surface area contributed by atoms with Gasteiger partial charge in [-0.2, -0.15) is 0 Å². The summed E-state index contributed by atoms with van der Waals surface area (Å²) in [5.74, 6) is 0.308. The van der Waals surface area contributed by atoms with Crippen LogP contribution in [0, 0.1) is 0 Å². The van der Waals surface area contributed by atoms with Crippen LogP contribution in [0.3, 0.4) is 0 Å². The van der Waals surface area contributed by atoms with Crippen molar-refractivity contribution in [2.24, 2.45) is 0 Å². The average Bonchev–Trinajstić information content (AvgIpc) is 3.06. The first-order valence-corrected chi connectivity index (χ1v) is 7.66. The Morgan fingerprint density at radius 1 is 1.43 bits per heavy atom. The number of nitrogen functional groups attached to an aromatic ring is 1. The molecular weight excluding hydrogens is 290 g/mol. The summed E-state index contributed by atoms with van der Waals surface area (Å²) in [6.07, 6.45) is 3.38. The Morgan fingerprint density at radius 3 is 3.00 bits per heavy atom. The van der Waals surface area contributed by atoms with Gasteiger partial charge in [0.1, 0.15) is 5.75 Å². The number of amides is 1. The summed E-state index contributed by atoms with van der Waals surface area (Å²) in [6, 6.07) is 3.85. The lowest BCUT2D eigenvalue weighted by atomic mass is 10.1. The molecule has 0 radical (unpaired) electrons. The Labute approximate surface area is 129 Å². The maximum absolute atomic E-state index is 12.5. The summed E-state index contributed by atoms with van der Waals surface area (Å²) in [5.41, 5.74) is 6.60. The second kappa shape index (κ2) is 5.73. The van der Waals surface area contributed by atoms with E-state index < -0.39 is 0 Å². The van der Waals surface area contributed by atoms with E-state index in [0.29, 0.717) is 28.1 Å². The molecule has 6 heteroatoms. The van der Waals surface area contributed by atoms with E-state index in [9.17, 15) is 4.79 Å². The lowest BCUT2D eigenvalue weighted by Crippen LogP contribution is -2.42. The lowest BCUT2D eigenvalue weighted by Gasteiger charge is -2.22. The molecule has 0 bridgehead atoms. The van der Waals surface area contributed by atoms with E-state index in [0.717, 1.165) is 25.9 Å². The molecule has 0 spiro atoms. The van der Waals surface area contributed by atoms with Gasteiger partial charge in [-0.15, -0.1) is 0 Å². The van der Waals surface area contributed by atoms with E-state index in [1.807, 2.05) is 0 Å². The molecule has 5 nitrogen and oxygen atoms in total. The number of halogens is 1. The van der Waals surface area contributed by atoms with Gasteiger partial charge in [0, 0.05) is 24.7 Å². The zero-order valence-electron chi connectivity index (χ0n) is 12.1. The predicted molar refractivity (Wildman–Crippen MR) is 82.9 cm³/mol. The van der Waals surface area contributed by atoms with Crippen LogP contribution >= 0.6 is 11.6 Å². The van der Waals surface area contributed by atoms with Crippen LogP contribution in [0.5, 0.6) is 5.75 Å². The summed E-state index contributed by atoms with van der Waals surface area (Å²) in [6.45, 7) is 2.21. The van der Waals surface area contributed by atoms with Crippen LogP contribution in [0.4, 0.5) is 5.69 Å². The third kappa shape index (κ3) is 2.68. The molecule has 2 aliphatic rings. The van der Waals surface area contributed by atoms with Crippen molar-refractivity contribution in [2.45, 2.75) is 31.3 Å². The van der Waals surface area contributed by atoms with Crippen molar-refractivity contribution in [1.29, 1.82) is 0 Å². The number of benzene rings is 1. The summed E-state index contributed by atoms with van der Waals surface area (Å²) >= 11 is 6.02. The third-order valence-corrected chi connectivity index (χ3v) is 4.81. The Bertz CT molecular complexity index is 564. The van der Waals surface area contributed by atoms with Gasteiger partial charge >= 0.3 is 0 Å². The second-order valence-electron chi connectivity index (χ2n) is 5.69. The first-order valence-electron chi connectivity index (χ1n) is 7.28. The maximum atomic E-state index is 12.5. The molecule has 3 N–H and O–H groups in total. The van der Waals surface area contributed by atoms with Gasteiger partial charge in [0.15, 0.2) is 0 Å². The van der Waals surface area contributed by atoms with Gasteiger partial charge in [-0.3, -0.25) is 9.69 Å². The van der Waals surface area contributed by atoms with Crippen LogP contribution in [-0.4, -0.2) is 43.1 Å². The minimum absolute atomic E-state index is 0.146. The van der Waals surface area contributed by atoms with Crippen molar-refractivity contribution in [2.75, 3.05) is 25.9 Å². The smallest absolute Gasteiger partial charge is 0.255 e. The first kappa shape index (κ1) is 14.5. The molecule has 2 atom stereocenters. The van der Waals surface area contributed by atoms with Crippen LogP contribution in [0.25, 0.3) is 0 Å². The zero-order chi connectivity index (χ0) is 15.0. The Hall–Kier alpha value is -1.46. The van der Waals surface area contributed by atoms with E-state index in [1.165, 1.54) is 13.5 Å². The summed E-state index contributed by atoms with van der Waals surface area (Å²) in [5, 5.41) is 3.50. The van der Waals surface area contributed by atoms with Crippen molar-refractivity contribution in [3.8, 4) is 5.75 Å². The van der Waals surface area contributed by atoms with Crippen molar-refractivity contribution >= 4 is 23.2 Å². The molecule has 1 aromatic carbocycles. The minimum atomic E-state index is -0.146. The van der Waals surface area contributed by atoms with Crippen LogP contribution < -0.4 is 15.8 Å². The second-order valence-corrected chi connectivity index (χ2v) is 6.10. The number of anilines is 1. The molecule has 2 heterocycles. The third-order valence-electron chi connectivity index (χ3n) is 4.49. The van der Waals surface area contributed by atoms with Crippen molar-refractivity contribution in [3.63, 3.8) is 0 Å². The van der Waals surface area contributed by atoms with E-state index in [-0.39, 0.29) is 11.9 Å². The molecule has 1 aromatic rings. The van der Waals surface area contributed by atoms with Crippen LogP contribution in [0.15, 0.2) is 12.1 Å². The summed E-state index contributed by atoms with van der Waals surface area (Å²) < 4.78 is 5.24. The quantitative estimate of drug-likeness (QED) is 0.837. The topological polar surface area (TPSA) is 67.6 Å². The van der Waals surface area contributed by atoms with E-state index in [1.54, 1.807) is 12.1 Å². The Kier molecular flexibility index (Phi) is 3.95. The van der Waals surface area contributed by atoms with Crippen molar-refractivity contribution in [3.05, 3.63) is 22.7 Å². The molecule has 1 amide bonds. The molecule has 21 heavy (non-hydrogen) atoms. The lowest BCUT2D eigenvalue weighted by molar-refractivity contribution is 0.0926. The van der Waals surface area contributed by atoms with Gasteiger partial charge in [-0.25, -0.2) is 0 Å². The number of fused-ring (bicyclic) bond motifs is 1. The number of nitrogens with zero attached hydrogens (tertiary/aromatic N) is 1. The summed E-state index contributed by atoms with van der Waals surface area (Å²) in [7, 11) is 1.52. The van der Waals surface area contributed by atoms with Crippen molar-refractivity contribution in [1.82, 2.24) is 10.2 Å². The molecule has 0 aromatic heterocycles. The van der Waals surface area contributed by atoms with Gasteiger partial charge < -0.3 is 15.8 Å². The molecular formula is C15H20ClN3O2. The molecule has 114 valence electrons. The number of nitrogens with two attached hydrogens (primary N) is 1. The number of carbonyl (C=O) groups is 1. The van der Waals surface area contributed by atoms with E-state index >= 15 is 0 Å². The fraction of sp³-hybridized carbons (Fsp3) is 0.533. The van der Waals surface area contributed by atoms with Crippen LogP contribution in [-0.2, 0) is 0 Å². The highest BCUT2D eigenvalue weighted by atomic mass is 35.5. The van der Waals surface area contributed by atoms with Gasteiger partial charge in [0.25, 0.3) is 5.91 Å². The zero-order valence-corrected chi connectivity index (χ0v) is 12.8. The molecule has 3 rings (SSSR count). The maximum Gasteiger partial charge on any atom is 0.255 e. The fourth-order valence-corrected chi connectivity index (χ4v) is 3.58.